The van der Waals surface area contributed by atoms with Crippen LogP contribution in [0.25, 0.3) is 0 Å². The van der Waals surface area contributed by atoms with Gasteiger partial charge in [0.05, 0.1) is 17.3 Å². The number of nitrogens with zero attached hydrogens (tertiary/aromatic N) is 1. The number of aliphatic hydroxyl groups excluding tert-OH is 1. The van der Waals surface area contributed by atoms with Crippen molar-refractivity contribution in [1.29, 1.82) is 0 Å². The molecule has 0 saturated carbocycles. The van der Waals surface area contributed by atoms with Crippen LogP contribution in [0.2, 0.25) is 10.0 Å². The lowest BCUT2D eigenvalue weighted by atomic mass is 10.0. The van der Waals surface area contributed by atoms with Crippen molar-refractivity contribution in [3.63, 3.8) is 0 Å². The van der Waals surface area contributed by atoms with E-state index in [1.54, 1.807) is 0 Å². The molecule has 0 aromatic heterocycles. The predicted molar refractivity (Wildman–Crippen MR) is 124 cm³/mol. The standard InChI is InChI=1S/C24H15Cl2F10NO3/c25-17-8-3-9-18(20(17)26)39-15-6-2-5-14(11-15)37(12-19(38)22(29,30)31)40-16-7-1-4-13(10-16)21(27,28)23(32,33)24(34,35)36/h1-11,19,38H,12H2. The molecule has 1 atom stereocenters. The molecule has 3 aromatic rings. The number of hydroxylamine groups is 1. The molecule has 0 fully saturated rings. The largest absolute Gasteiger partial charge is 0.460 e. The monoisotopic (exact) mass is 625 g/mol. The van der Waals surface area contributed by atoms with Gasteiger partial charge in [-0.15, -0.1) is 0 Å². The lowest BCUT2D eigenvalue weighted by molar-refractivity contribution is -0.359. The Kier molecular flexibility index (Phi) is 8.97. The highest BCUT2D eigenvalue weighted by Gasteiger charge is 2.73. The van der Waals surface area contributed by atoms with Gasteiger partial charge in [-0.05, 0) is 36.4 Å². The minimum Gasteiger partial charge on any atom is -0.456 e. The fourth-order valence-electron chi connectivity index (χ4n) is 3.08. The van der Waals surface area contributed by atoms with Gasteiger partial charge in [-0.25, -0.2) is 5.06 Å². The van der Waals surface area contributed by atoms with Gasteiger partial charge < -0.3 is 14.7 Å². The topological polar surface area (TPSA) is 41.9 Å². The van der Waals surface area contributed by atoms with Crippen molar-refractivity contribution in [3.8, 4) is 17.2 Å². The van der Waals surface area contributed by atoms with Crippen LogP contribution in [0.15, 0.2) is 66.7 Å². The average Bonchev–Trinajstić information content (AvgIpc) is 2.85. The molecule has 0 aliphatic rings. The molecule has 16 heteroatoms. The summed E-state index contributed by atoms with van der Waals surface area (Å²) in [4.78, 5) is 5.16. The van der Waals surface area contributed by atoms with Gasteiger partial charge in [0.1, 0.15) is 16.5 Å². The van der Waals surface area contributed by atoms with Gasteiger partial charge in [-0.3, -0.25) is 0 Å². The Hall–Kier alpha value is -3.10. The first-order chi connectivity index (χ1) is 18.3. The van der Waals surface area contributed by atoms with Crippen molar-refractivity contribution < 1.29 is 58.6 Å². The maximum atomic E-state index is 14.2. The van der Waals surface area contributed by atoms with Crippen LogP contribution < -0.4 is 14.6 Å². The first kappa shape index (κ1) is 31.4. The molecule has 1 unspecified atom stereocenters. The van der Waals surface area contributed by atoms with Crippen LogP contribution in [-0.2, 0) is 5.92 Å². The quantitative estimate of drug-likeness (QED) is 0.191. The molecule has 1 N–H and O–H groups in total. The van der Waals surface area contributed by atoms with Gasteiger partial charge in [0.2, 0.25) is 0 Å². The number of alkyl halides is 10. The van der Waals surface area contributed by atoms with E-state index in [4.69, 9.17) is 32.8 Å². The van der Waals surface area contributed by atoms with Gasteiger partial charge in [0, 0.05) is 11.6 Å². The minimum absolute atomic E-state index is 0.0106. The van der Waals surface area contributed by atoms with E-state index in [0.29, 0.717) is 11.1 Å². The molecule has 0 spiro atoms. The highest BCUT2D eigenvalue weighted by atomic mass is 35.5. The highest BCUT2D eigenvalue weighted by Crippen LogP contribution is 2.52. The average molecular weight is 626 g/mol. The molecule has 0 amide bonds. The van der Waals surface area contributed by atoms with Gasteiger partial charge in [-0.2, -0.15) is 43.9 Å². The molecule has 218 valence electrons. The molecule has 3 aromatic carbocycles. The maximum absolute atomic E-state index is 14.2. The molecule has 0 aliphatic heterocycles. The Morgan fingerprint density at radius 1 is 0.775 bits per heavy atom. The number of hydrogen-bond donors (Lipinski definition) is 1. The van der Waals surface area contributed by atoms with Crippen molar-refractivity contribution in [2.75, 3.05) is 11.6 Å². The second-order valence-corrected chi connectivity index (χ2v) is 8.82. The Balaban J connectivity index is 1.98. The molecule has 40 heavy (non-hydrogen) atoms. The smallest absolute Gasteiger partial charge is 0.456 e. The van der Waals surface area contributed by atoms with E-state index in [0.717, 1.165) is 18.2 Å². The Morgan fingerprint density at radius 3 is 2.00 bits per heavy atom. The van der Waals surface area contributed by atoms with E-state index in [2.05, 4.69) is 0 Å². The van der Waals surface area contributed by atoms with E-state index >= 15 is 0 Å². The summed E-state index contributed by atoms with van der Waals surface area (Å²) in [6.07, 6.45) is -14.9. The van der Waals surface area contributed by atoms with Crippen molar-refractivity contribution in [3.05, 3.63) is 82.3 Å². The number of aliphatic hydroxyl groups is 1. The molecule has 3 rings (SSSR count). The first-order valence-electron chi connectivity index (χ1n) is 10.7. The number of ether oxygens (including phenoxy) is 1. The number of anilines is 1. The summed E-state index contributed by atoms with van der Waals surface area (Å²) < 4.78 is 138. The zero-order valence-electron chi connectivity index (χ0n) is 19.4. The summed E-state index contributed by atoms with van der Waals surface area (Å²) in [6, 6.07) is 10.9. The summed E-state index contributed by atoms with van der Waals surface area (Å²) in [7, 11) is 0. The van der Waals surface area contributed by atoms with Gasteiger partial charge in [0.15, 0.2) is 11.9 Å². The normalized spacial score (nSPS) is 13.6. The van der Waals surface area contributed by atoms with Gasteiger partial charge >= 0.3 is 24.2 Å². The van der Waals surface area contributed by atoms with E-state index in [-0.39, 0.29) is 39.4 Å². The molecular formula is C24H15Cl2F10NO3. The zero-order valence-corrected chi connectivity index (χ0v) is 20.9. The second kappa shape index (κ2) is 11.4. The zero-order chi connectivity index (χ0) is 30.1. The fraction of sp³-hybridized carbons (Fsp3) is 0.250. The maximum Gasteiger partial charge on any atom is 0.460 e. The molecule has 0 radical (unpaired) electrons. The van der Waals surface area contributed by atoms with E-state index in [9.17, 15) is 49.0 Å². The highest BCUT2D eigenvalue weighted by molar-refractivity contribution is 6.42. The van der Waals surface area contributed by atoms with Crippen LogP contribution in [0, 0.1) is 0 Å². The molecule has 0 heterocycles. The van der Waals surface area contributed by atoms with E-state index in [1.165, 1.54) is 30.3 Å². The molecular weight excluding hydrogens is 611 g/mol. The van der Waals surface area contributed by atoms with Crippen molar-refractivity contribution >= 4 is 28.9 Å². The van der Waals surface area contributed by atoms with Crippen LogP contribution in [-0.4, -0.2) is 36.0 Å². The first-order valence-corrected chi connectivity index (χ1v) is 11.5. The predicted octanol–water partition coefficient (Wildman–Crippen LogP) is 8.80. The Morgan fingerprint density at radius 2 is 1.38 bits per heavy atom. The number of halogens is 12. The van der Waals surface area contributed by atoms with Crippen molar-refractivity contribution in [2.45, 2.75) is 30.3 Å². The number of hydrogen-bond acceptors (Lipinski definition) is 4. The summed E-state index contributed by atoms with van der Waals surface area (Å²) in [6.45, 7) is -1.38. The summed E-state index contributed by atoms with van der Waals surface area (Å²) in [5, 5.41) is 10.0. The fourth-order valence-corrected chi connectivity index (χ4v) is 3.41. The molecule has 4 nitrogen and oxygen atoms in total. The molecule has 0 aliphatic carbocycles. The lowest BCUT2D eigenvalue weighted by Gasteiger charge is -2.30. The third kappa shape index (κ3) is 6.78. The SMILES string of the molecule is OC(CN(Oc1cccc(C(F)(F)C(F)(F)C(F)(F)F)c1)c1cccc(Oc2cccc(Cl)c2Cl)c1)C(F)(F)F. The third-order valence-corrected chi connectivity index (χ3v) is 5.93. The number of rotatable bonds is 9. The van der Waals surface area contributed by atoms with Crippen molar-refractivity contribution in [1.82, 2.24) is 0 Å². The Bertz CT molecular complexity index is 1330. The lowest BCUT2D eigenvalue weighted by Crippen LogP contribution is -2.50. The number of benzene rings is 3. The van der Waals surface area contributed by atoms with Gasteiger partial charge in [-0.1, -0.05) is 47.5 Å². The Labute approximate surface area is 229 Å². The minimum atomic E-state index is -6.62. The van der Waals surface area contributed by atoms with Crippen LogP contribution in [0.5, 0.6) is 17.2 Å². The van der Waals surface area contributed by atoms with Crippen LogP contribution >= 0.6 is 23.2 Å². The van der Waals surface area contributed by atoms with E-state index < -0.39 is 48.2 Å². The molecule has 0 saturated heterocycles. The summed E-state index contributed by atoms with van der Waals surface area (Å²) in [5.74, 6) is -13.1. The van der Waals surface area contributed by atoms with Gasteiger partial charge in [0.25, 0.3) is 0 Å². The second-order valence-electron chi connectivity index (χ2n) is 8.04. The van der Waals surface area contributed by atoms with Crippen LogP contribution in [0.4, 0.5) is 49.6 Å². The summed E-state index contributed by atoms with van der Waals surface area (Å²) >= 11 is 12.0. The van der Waals surface area contributed by atoms with Crippen molar-refractivity contribution in [2.24, 2.45) is 0 Å². The molecule has 0 bridgehead atoms. The summed E-state index contributed by atoms with van der Waals surface area (Å²) in [5.41, 5.74) is -2.12. The van der Waals surface area contributed by atoms with Crippen LogP contribution in [0.1, 0.15) is 5.56 Å². The van der Waals surface area contributed by atoms with E-state index in [1.807, 2.05) is 0 Å². The third-order valence-electron chi connectivity index (χ3n) is 5.13. The van der Waals surface area contributed by atoms with Crippen LogP contribution in [0.3, 0.4) is 0 Å².